The van der Waals surface area contributed by atoms with Gasteiger partial charge in [0.15, 0.2) is 5.58 Å². The molecule has 0 bridgehead atoms. The topological polar surface area (TPSA) is 38.4 Å². The van der Waals surface area contributed by atoms with E-state index >= 15 is 0 Å². The summed E-state index contributed by atoms with van der Waals surface area (Å²) in [5.41, 5.74) is 0.893. The number of para-hydroxylation sites is 2. The third-order valence-electron chi connectivity index (χ3n) is 4.26. The number of rotatable bonds is 6. The molecule has 0 fully saturated rings. The molecule has 4 nitrogen and oxygen atoms in total. The van der Waals surface area contributed by atoms with Gasteiger partial charge < -0.3 is 9.32 Å². The number of aromatic nitrogens is 1. The molecule has 2 aromatic carbocycles. The van der Waals surface area contributed by atoms with E-state index in [9.17, 15) is 18.0 Å². The molecule has 0 aliphatic rings. The van der Waals surface area contributed by atoms with E-state index in [0.717, 1.165) is 11.6 Å². The van der Waals surface area contributed by atoms with Gasteiger partial charge in [-0.05, 0) is 43.8 Å². The number of halogens is 3. The Hall–Kier alpha value is -2.54. The highest BCUT2D eigenvalue weighted by molar-refractivity contribution is 5.72. The Morgan fingerprint density at radius 2 is 1.77 bits per heavy atom. The summed E-state index contributed by atoms with van der Waals surface area (Å²) in [4.78, 5) is 13.7. The summed E-state index contributed by atoms with van der Waals surface area (Å²) in [6.07, 6.45) is -3.74. The zero-order valence-electron chi connectivity index (χ0n) is 14.3. The van der Waals surface area contributed by atoms with Crippen LogP contribution in [0.1, 0.15) is 17.5 Å². The average molecular weight is 364 g/mol. The minimum atomic E-state index is -4.36. The average Bonchev–Trinajstić information content (AvgIpc) is 2.90. The minimum Gasteiger partial charge on any atom is -0.408 e. The number of aryl methyl sites for hydroxylation is 1. The van der Waals surface area contributed by atoms with E-state index in [1.165, 1.54) is 12.1 Å². The zero-order valence-corrected chi connectivity index (χ0v) is 14.3. The first-order chi connectivity index (χ1) is 12.4. The van der Waals surface area contributed by atoms with Crippen LogP contribution in [0.5, 0.6) is 0 Å². The molecule has 1 aromatic heterocycles. The van der Waals surface area contributed by atoms with Crippen molar-refractivity contribution in [2.75, 3.05) is 13.6 Å². The van der Waals surface area contributed by atoms with Gasteiger partial charge in [0.2, 0.25) is 0 Å². The molecule has 3 rings (SSSR count). The van der Waals surface area contributed by atoms with Gasteiger partial charge in [-0.3, -0.25) is 4.57 Å². The number of benzene rings is 2. The highest BCUT2D eigenvalue weighted by Crippen LogP contribution is 2.32. The summed E-state index contributed by atoms with van der Waals surface area (Å²) in [5.74, 6) is -0.420. The van der Waals surface area contributed by atoms with E-state index in [1.807, 2.05) is 17.0 Å². The summed E-state index contributed by atoms with van der Waals surface area (Å²) in [6.45, 7) is 1.19. The molecule has 0 saturated carbocycles. The molecular formula is C19H19F3N2O2. The zero-order chi connectivity index (χ0) is 18.7. The molecule has 0 N–H and O–H groups in total. The molecule has 138 valence electrons. The van der Waals surface area contributed by atoms with Gasteiger partial charge in [-0.25, -0.2) is 4.79 Å². The Bertz CT molecular complexity index is 944. The van der Waals surface area contributed by atoms with Crippen LogP contribution in [0.4, 0.5) is 13.2 Å². The second-order valence-electron chi connectivity index (χ2n) is 6.23. The van der Waals surface area contributed by atoms with Gasteiger partial charge in [-0.1, -0.05) is 30.3 Å². The predicted molar refractivity (Wildman–Crippen MR) is 92.9 cm³/mol. The Balaban J connectivity index is 1.62. The summed E-state index contributed by atoms with van der Waals surface area (Å²) in [7, 11) is 1.77. The van der Waals surface area contributed by atoms with Crippen molar-refractivity contribution < 1.29 is 17.6 Å². The maximum absolute atomic E-state index is 13.1. The quantitative estimate of drug-likeness (QED) is 0.660. The SMILES string of the molecule is CN(CCCn1c(=O)oc2ccccc21)Cc1ccccc1C(F)(F)F. The lowest BCUT2D eigenvalue weighted by Gasteiger charge is -2.19. The maximum atomic E-state index is 13.1. The van der Waals surface area contributed by atoms with Gasteiger partial charge in [-0.2, -0.15) is 13.2 Å². The molecule has 0 unspecified atom stereocenters. The molecule has 1 heterocycles. The molecule has 26 heavy (non-hydrogen) atoms. The molecule has 0 aliphatic carbocycles. The number of oxazole rings is 1. The highest BCUT2D eigenvalue weighted by Gasteiger charge is 2.32. The third-order valence-corrected chi connectivity index (χ3v) is 4.26. The molecule has 0 amide bonds. The molecule has 0 spiro atoms. The maximum Gasteiger partial charge on any atom is 0.419 e. The smallest absolute Gasteiger partial charge is 0.408 e. The lowest BCUT2D eigenvalue weighted by molar-refractivity contribution is -0.138. The third kappa shape index (κ3) is 3.99. The first kappa shape index (κ1) is 18.3. The van der Waals surface area contributed by atoms with Crippen molar-refractivity contribution in [1.82, 2.24) is 9.47 Å². The fraction of sp³-hybridized carbons (Fsp3) is 0.316. The van der Waals surface area contributed by atoms with Crippen molar-refractivity contribution in [3.8, 4) is 0 Å². The number of alkyl halides is 3. The van der Waals surface area contributed by atoms with Crippen molar-refractivity contribution >= 4 is 11.1 Å². The van der Waals surface area contributed by atoms with E-state index < -0.39 is 17.5 Å². The van der Waals surface area contributed by atoms with Gasteiger partial charge in [-0.15, -0.1) is 0 Å². The Labute approximate surface area is 148 Å². The van der Waals surface area contributed by atoms with E-state index in [2.05, 4.69) is 0 Å². The van der Waals surface area contributed by atoms with Crippen LogP contribution in [0, 0.1) is 0 Å². The highest BCUT2D eigenvalue weighted by atomic mass is 19.4. The number of hydrogen-bond acceptors (Lipinski definition) is 3. The fourth-order valence-electron chi connectivity index (χ4n) is 3.03. The number of nitrogens with zero attached hydrogens (tertiary/aromatic N) is 2. The van der Waals surface area contributed by atoms with Crippen LogP contribution in [0.3, 0.4) is 0 Å². The first-order valence-corrected chi connectivity index (χ1v) is 8.28. The Morgan fingerprint density at radius 3 is 2.54 bits per heavy atom. The summed E-state index contributed by atoms with van der Waals surface area (Å²) >= 11 is 0. The van der Waals surface area contributed by atoms with Crippen molar-refractivity contribution in [3.05, 3.63) is 70.2 Å². The van der Waals surface area contributed by atoms with Crippen LogP contribution in [0.15, 0.2) is 57.7 Å². The summed E-state index contributed by atoms with van der Waals surface area (Å²) in [5, 5.41) is 0. The van der Waals surface area contributed by atoms with E-state index in [0.29, 0.717) is 25.1 Å². The van der Waals surface area contributed by atoms with Crippen molar-refractivity contribution in [2.45, 2.75) is 25.7 Å². The molecule has 3 aromatic rings. The standard InChI is InChI=1S/C19H19F3N2O2/c1-23(13-14-7-2-3-8-15(14)19(20,21)22)11-6-12-24-16-9-4-5-10-17(16)26-18(24)25/h2-5,7-10H,6,11-13H2,1H3. The van der Waals surface area contributed by atoms with E-state index in [-0.39, 0.29) is 12.1 Å². The van der Waals surface area contributed by atoms with Crippen LogP contribution in [0.2, 0.25) is 0 Å². The Morgan fingerprint density at radius 1 is 1.08 bits per heavy atom. The molecule has 0 atom stereocenters. The normalized spacial score (nSPS) is 12.2. The predicted octanol–water partition coefficient (Wildman–Crippen LogP) is 4.14. The second-order valence-corrected chi connectivity index (χ2v) is 6.23. The van der Waals surface area contributed by atoms with E-state index in [1.54, 1.807) is 29.8 Å². The van der Waals surface area contributed by atoms with Gasteiger partial charge in [0.1, 0.15) is 0 Å². The number of fused-ring (bicyclic) bond motifs is 1. The van der Waals surface area contributed by atoms with E-state index in [4.69, 9.17) is 4.42 Å². The molecule has 0 saturated heterocycles. The van der Waals surface area contributed by atoms with Crippen LogP contribution < -0.4 is 5.76 Å². The van der Waals surface area contributed by atoms with Gasteiger partial charge in [0, 0.05) is 13.1 Å². The lowest BCUT2D eigenvalue weighted by atomic mass is 10.1. The monoisotopic (exact) mass is 364 g/mol. The summed E-state index contributed by atoms with van der Waals surface area (Å²) < 4.78 is 45.9. The molecule has 0 aliphatic heterocycles. The van der Waals surface area contributed by atoms with Crippen LogP contribution >= 0.6 is 0 Å². The second kappa shape index (κ2) is 7.37. The van der Waals surface area contributed by atoms with Gasteiger partial charge in [0.25, 0.3) is 0 Å². The first-order valence-electron chi connectivity index (χ1n) is 8.28. The summed E-state index contributed by atoms with van der Waals surface area (Å²) in [6, 6.07) is 12.7. The van der Waals surface area contributed by atoms with Crippen LogP contribution in [-0.4, -0.2) is 23.1 Å². The molecule has 0 radical (unpaired) electrons. The van der Waals surface area contributed by atoms with Gasteiger partial charge >= 0.3 is 11.9 Å². The molecular weight excluding hydrogens is 345 g/mol. The van der Waals surface area contributed by atoms with Crippen LogP contribution in [-0.2, 0) is 19.3 Å². The Kier molecular flexibility index (Phi) is 5.18. The fourth-order valence-corrected chi connectivity index (χ4v) is 3.03. The van der Waals surface area contributed by atoms with Crippen molar-refractivity contribution in [1.29, 1.82) is 0 Å². The lowest BCUT2D eigenvalue weighted by Crippen LogP contribution is -2.24. The molecule has 7 heteroatoms. The van der Waals surface area contributed by atoms with Crippen molar-refractivity contribution in [3.63, 3.8) is 0 Å². The van der Waals surface area contributed by atoms with Crippen molar-refractivity contribution in [2.24, 2.45) is 0 Å². The number of hydrogen-bond donors (Lipinski definition) is 0. The van der Waals surface area contributed by atoms with Crippen LogP contribution in [0.25, 0.3) is 11.1 Å². The van der Waals surface area contributed by atoms with Gasteiger partial charge in [0.05, 0.1) is 11.1 Å². The largest absolute Gasteiger partial charge is 0.419 e. The minimum absolute atomic E-state index is 0.191.